The minimum atomic E-state index is -0.561. The van der Waals surface area contributed by atoms with Crippen molar-refractivity contribution in [3.05, 3.63) is 86.1 Å². The molecule has 0 aliphatic carbocycles. The number of anilines is 1. The van der Waals surface area contributed by atoms with Crippen molar-refractivity contribution < 1.29 is 18.9 Å². The number of amides is 2. The molecule has 8 nitrogen and oxygen atoms in total. The van der Waals surface area contributed by atoms with E-state index < -0.39 is 16.7 Å². The number of hydrazine groups is 1. The molecule has 4 rings (SSSR count). The Kier molecular flexibility index (Phi) is 5.08. The van der Waals surface area contributed by atoms with Crippen LogP contribution >= 0.6 is 11.6 Å². The monoisotopic (exact) mass is 437 g/mol. The van der Waals surface area contributed by atoms with Crippen LogP contribution in [0.5, 0.6) is 0 Å². The van der Waals surface area contributed by atoms with Gasteiger partial charge in [-0.25, -0.2) is 5.01 Å². The summed E-state index contributed by atoms with van der Waals surface area (Å²) >= 11 is 6.15. The number of nitro benzene ring substituents is 1. The van der Waals surface area contributed by atoms with Crippen LogP contribution in [-0.4, -0.2) is 16.7 Å². The van der Waals surface area contributed by atoms with Crippen LogP contribution < -0.4 is 10.4 Å². The average Bonchev–Trinajstić information content (AvgIpc) is 3.30. The third-order valence-electron chi connectivity index (χ3n) is 4.98. The molecule has 0 spiro atoms. The number of hydrogen-bond acceptors (Lipinski definition) is 5. The number of hydrogen-bond donors (Lipinski definition) is 1. The van der Waals surface area contributed by atoms with Crippen molar-refractivity contribution in [2.45, 2.75) is 13.8 Å². The summed E-state index contributed by atoms with van der Waals surface area (Å²) in [6.45, 7) is 3.87. The third-order valence-corrected chi connectivity index (χ3v) is 5.31. The maximum absolute atomic E-state index is 12.8. The van der Waals surface area contributed by atoms with E-state index in [4.69, 9.17) is 16.0 Å². The van der Waals surface area contributed by atoms with Gasteiger partial charge >= 0.3 is 0 Å². The molecule has 0 radical (unpaired) electrons. The summed E-state index contributed by atoms with van der Waals surface area (Å²) in [6.07, 6.45) is 1.33. The summed E-state index contributed by atoms with van der Waals surface area (Å²) in [6, 6.07) is 12.5. The van der Waals surface area contributed by atoms with Gasteiger partial charge in [-0.1, -0.05) is 17.7 Å². The van der Waals surface area contributed by atoms with Crippen molar-refractivity contribution in [3.8, 4) is 11.3 Å². The predicted molar refractivity (Wildman–Crippen MR) is 115 cm³/mol. The van der Waals surface area contributed by atoms with Gasteiger partial charge in [-0.15, -0.1) is 0 Å². The van der Waals surface area contributed by atoms with Gasteiger partial charge in [-0.05, 0) is 61.4 Å². The van der Waals surface area contributed by atoms with Crippen LogP contribution in [-0.2, 0) is 9.59 Å². The molecule has 2 heterocycles. The number of rotatable bonds is 4. The Hall–Kier alpha value is -3.91. The first-order chi connectivity index (χ1) is 14.7. The fraction of sp³-hybridized carbons (Fsp3) is 0.0909. The molecule has 1 saturated heterocycles. The number of carbonyl (C=O) groups excluding carboxylic acids is 2. The summed E-state index contributed by atoms with van der Waals surface area (Å²) in [5, 5.41) is 12.5. The number of carbonyl (C=O) groups is 2. The van der Waals surface area contributed by atoms with Gasteiger partial charge in [-0.3, -0.25) is 25.1 Å². The summed E-state index contributed by atoms with van der Waals surface area (Å²) in [7, 11) is 0. The van der Waals surface area contributed by atoms with E-state index in [0.717, 1.165) is 11.1 Å². The van der Waals surface area contributed by atoms with Crippen LogP contribution in [0, 0.1) is 24.0 Å². The van der Waals surface area contributed by atoms with E-state index >= 15 is 0 Å². The molecule has 1 aromatic heterocycles. The zero-order chi connectivity index (χ0) is 22.3. The molecule has 1 N–H and O–H groups in total. The smallest absolute Gasteiger partial charge is 0.282 e. The second kappa shape index (κ2) is 7.73. The van der Waals surface area contributed by atoms with Crippen LogP contribution in [0.2, 0.25) is 5.02 Å². The standard InChI is InChI=1S/C22H16ClN3O5/c1-12-3-4-14(9-13(12)2)25-22(28)18(21(27)24-25)11-16-6-8-20(31-16)17-10-15(26(29)30)5-7-19(17)23/h3-11H,1-2H3,(H,24,27). The zero-order valence-electron chi connectivity index (χ0n) is 16.5. The van der Waals surface area contributed by atoms with Crippen LogP contribution in [0.3, 0.4) is 0 Å². The molecular formula is C22H16ClN3O5. The summed E-state index contributed by atoms with van der Waals surface area (Å²) in [5.41, 5.74) is 5.26. The second-order valence-corrected chi connectivity index (χ2v) is 7.44. The number of nitrogens with one attached hydrogen (secondary N) is 1. The topological polar surface area (TPSA) is 106 Å². The van der Waals surface area contributed by atoms with Gasteiger partial charge in [0.25, 0.3) is 17.5 Å². The van der Waals surface area contributed by atoms with Crippen LogP contribution in [0.15, 0.2) is 58.5 Å². The molecule has 0 atom stereocenters. The first kappa shape index (κ1) is 20.4. The minimum absolute atomic E-state index is 0.0933. The predicted octanol–water partition coefficient (Wildman–Crippen LogP) is 4.59. The van der Waals surface area contributed by atoms with Crippen LogP contribution in [0.4, 0.5) is 11.4 Å². The van der Waals surface area contributed by atoms with Gasteiger partial charge in [-0.2, -0.15) is 0 Å². The molecule has 0 bridgehead atoms. The Morgan fingerprint density at radius 2 is 1.84 bits per heavy atom. The van der Waals surface area contributed by atoms with Crippen molar-refractivity contribution in [1.29, 1.82) is 0 Å². The molecule has 31 heavy (non-hydrogen) atoms. The first-order valence-corrected chi connectivity index (χ1v) is 9.61. The lowest BCUT2D eigenvalue weighted by atomic mass is 10.1. The molecule has 2 aromatic carbocycles. The van der Waals surface area contributed by atoms with Crippen molar-refractivity contribution in [1.82, 2.24) is 5.43 Å². The molecule has 1 aliphatic rings. The van der Waals surface area contributed by atoms with Crippen molar-refractivity contribution in [3.63, 3.8) is 0 Å². The normalized spacial score (nSPS) is 14.9. The van der Waals surface area contributed by atoms with Gasteiger partial charge in [0.05, 0.1) is 15.6 Å². The molecule has 1 aliphatic heterocycles. The molecule has 9 heteroatoms. The molecule has 3 aromatic rings. The molecule has 156 valence electrons. The lowest BCUT2D eigenvalue weighted by Gasteiger charge is -2.15. The van der Waals surface area contributed by atoms with E-state index in [1.807, 2.05) is 26.0 Å². The number of nitro groups is 1. The Morgan fingerprint density at radius 3 is 2.55 bits per heavy atom. The van der Waals surface area contributed by atoms with Gasteiger partial charge in [0, 0.05) is 17.7 Å². The van der Waals surface area contributed by atoms with E-state index in [2.05, 4.69) is 5.43 Å². The van der Waals surface area contributed by atoms with E-state index in [-0.39, 0.29) is 27.8 Å². The molecule has 2 amide bonds. The molecule has 0 unspecified atom stereocenters. The van der Waals surface area contributed by atoms with Crippen molar-refractivity contribution >= 4 is 40.9 Å². The third kappa shape index (κ3) is 3.80. The summed E-state index contributed by atoms with van der Waals surface area (Å²) < 4.78 is 5.69. The maximum atomic E-state index is 12.8. The molecular weight excluding hydrogens is 422 g/mol. The summed E-state index contributed by atoms with van der Waals surface area (Å²) in [4.78, 5) is 35.7. The van der Waals surface area contributed by atoms with Gasteiger partial charge < -0.3 is 4.42 Å². The van der Waals surface area contributed by atoms with Crippen molar-refractivity contribution in [2.24, 2.45) is 0 Å². The lowest BCUT2D eigenvalue weighted by molar-refractivity contribution is -0.384. The van der Waals surface area contributed by atoms with Crippen molar-refractivity contribution in [2.75, 3.05) is 5.01 Å². The highest BCUT2D eigenvalue weighted by molar-refractivity contribution is 6.33. The highest BCUT2D eigenvalue weighted by atomic mass is 35.5. The summed E-state index contributed by atoms with van der Waals surface area (Å²) in [5.74, 6) is -0.565. The van der Waals surface area contributed by atoms with Gasteiger partial charge in [0.2, 0.25) is 0 Å². The first-order valence-electron chi connectivity index (χ1n) is 9.23. The van der Waals surface area contributed by atoms with E-state index in [0.29, 0.717) is 11.3 Å². The van der Waals surface area contributed by atoms with Crippen LogP contribution in [0.25, 0.3) is 17.4 Å². The highest BCUT2D eigenvalue weighted by Crippen LogP contribution is 2.33. The van der Waals surface area contributed by atoms with E-state index in [1.165, 1.54) is 29.3 Å². The van der Waals surface area contributed by atoms with E-state index in [9.17, 15) is 19.7 Å². The Labute approximate surface area is 181 Å². The van der Waals surface area contributed by atoms with Gasteiger partial charge in [0.1, 0.15) is 17.1 Å². The number of nitrogens with zero attached hydrogens (tertiary/aromatic N) is 2. The number of furan rings is 1. The number of aryl methyl sites for hydroxylation is 2. The highest BCUT2D eigenvalue weighted by Gasteiger charge is 2.35. The number of non-ortho nitro benzene ring substituents is 1. The zero-order valence-corrected chi connectivity index (χ0v) is 17.3. The Morgan fingerprint density at radius 1 is 1.06 bits per heavy atom. The molecule has 0 saturated carbocycles. The SMILES string of the molecule is Cc1ccc(N2NC(=O)C(=Cc3ccc(-c4cc([N+](=O)[O-])ccc4Cl)o3)C2=O)cc1C. The fourth-order valence-electron chi connectivity index (χ4n) is 3.14. The second-order valence-electron chi connectivity index (χ2n) is 7.03. The average molecular weight is 438 g/mol. The quantitative estimate of drug-likeness (QED) is 0.278. The number of halogens is 1. The Balaban J connectivity index is 1.64. The lowest BCUT2D eigenvalue weighted by Crippen LogP contribution is -2.35. The molecule has 1 fully saturated rings. The fourth-order valence-corrected chi connectivity index (χ4v) is 3.35. The minimum Gasteiger partial charge on any atom is -0.457 e. The van der Waals surface area contributed by atoms with E-state index in [1.54, 1.807) is 18.2 Å². The number of benzene rings is 2. The van der Waals surface area contributed by atoms with Crippen LogP contribution in [0.1, 0.15) is 16.9 Å². The van der Waals surface area contributed by atoms with Gasteiger partial charge in [0.15, 0.2) is 0 Å². The largest absolute Gasteiger partial charge is 0.457 e. The Bertz CT molecular complexity index is 1280. The maximum Gasteiger partial charge on any atom is 0.282 e.